The van der Waals surface area contributed by atoms with Gasteiger partial charge in [-0.25, -0.2) is 0 Å². The summed E-state index contributed by atoms with van der Waals surface area (Å²) >= 11 is 0. The van der Waals surface area contributed by atoms with Crippen LogP contribution < -0.4 is 5.73 Å². The zero-order chi connectivity index (χ0) is 10.4. The lowest BCUT2D eigenvalue weighted by atomic mass is 10.0. The predicted molar refractivity (Wildman–Crippen MR) is 55.2 cm³/mol. The number of hydrogen-bond acceptors (Lipinski definition) is 3. The van der Waals surface area contributed by atoms with Crippen molar-refractivity contribution in [3.05, 3.63) is 35.4 Å². The summed E-state index contributed by atoms with van der Waals surface area (Å²) in [7, 11) is 1.62. The van der Waals surface area contributed by atoms with Crippen LogP contribution in [0.1, 0.15) is 22.3 Å². The second-order valence-electron chi connectivity index (χ2n) is 3.05. The van der Waals surface area contributed by atoms with Crippen LogP contribution in [-0.2, 0) is 11.3 Å². The van der Waals surface area contributed by atoms with Crippen molar-refractivity contribution in [2.24, 2.45) is 5.73 Å². The Hall–Kier alpha value is -1.19. The van der Waals surface area contributed by atoms with Gasteiger partial charge in [-0.3, -0.25) is 4.79 Å². The molecule has 0 aliphatic carbocycles. The van der Waals surface area contributed by atoms with E-state index < -0.39 is 0 Å². The van der Waals surface area contributed by atoms with Crippen LogP contribution in [-0.4, -0.2) is 19.4 Å². The molecule has 2 N–H and O–H groups in total. The minimum atomic E-state index is 0.0835. The number of rotatable bonds is 5. The first-order valence-corrected chi connectivity index (χ1v) is 4.59. The standard InChI is InChI=1S/C11H15NO2/c1-14-8-9-4-2-3-5-10(9)11(13)6-7-12/h2-5H,6-8,12H2,1H3. The second kappa shape index (κ2) is 5.52. The Morgan fingerprint density at radius 3 is 2.79 bits per heavy atom. The predicted octanol–water partition coefficient (Wildman–Crippen LogP) is 1.36. The van der Waals surface area contributed by atoms with Crippen LogP contribution in [0.5, 0.6) is 0 Å². The van der Waals surface area contributed by atoms with Crippen molar-refractivity contribution < 1.29 is 9.53 Å². The smallest absolute Gasteiger partial charge is 0.164 e. The molecule has 0 bridgehead atoms. The lowest BCUT2D eigenvalue weighted by Crippen LogP contribution is -2.10. The molecule has 0 aliphatic heterocycles. The van der Waals surface area contributed by atoms with E-state index in [1.54, 1.807) is 7.11 Å². The van der Waals surface area contributed by atoms with Crippen molar-refractivity contribution in [2.45, 2.75) is 13.0 Å². The molecule has 3 nitrogen and oxygen atoms in total. The van der Waals surface area contributed by atoms with Gasteiger partial charge in [-0.05, 0) is 12.1 Å². The van der Waals surface area contributed by atoms with Gasteiger partial charge in [0, 0.05) is 19.1 Å². The molecule has 0 aromatic heterocycles. The van der Waals surface area contributed by atoms with E-state index in [-0.39, 0.29) is 5.78 Å². The van der Waals surface area contributed by atoms with Gasteiger partial charge in [0.25, 0.3) is 0 Å². The molecule has 76 valence electrons. The van der Waals surface area contributed by atoms with Crippen molar-refractivity contribution in [1.82, 2.24) is 0 Å². The van der Waals surface area contributed by atoms with Crippen LogP contribution in [0, 0.1) is 0 Å². The molecule has 3 heteroatoms. The molecular weight excluding hydrogens is 178 g/mol. The van der Waals surface area contributed by atoms with Crippen molar-refractivity contribution in [3.8, 4) is 0 Å². The SMILES string of the molecule is COCc1ccccc1C(=O)CCN. The average molecular weight is 193 g/mol. The fraction of sp³-hybridized carbons (Fsp3) is 0.364. The fourth-order valence-corrected chi connectivity index (χ4v) is 1.34. The topological polar surface area (TPSA) is 52.3 Å². The third-order valence-corrected chi connectivity index (χ3v) is 1.99. The maximum absolute atomic E-state index is 11.6. The van der Waals surface area contributed by atoms with Gasteiger partial charge in [-0.1, -0.05) is 24.3 Å². The number of ketones is 1. The van der Waals surface area contributed by atoms with Crippen LogP contribution >= 0.6 is 0 Å². The Balaban J connectivity index is 2.88. The van der Waals surface area contributed by atoms with Crippen LogP contribution in [0.4, 0.5) is 0 Å². The first kappa shape index (κ1) is 10.9. The van der Waals surface area contributed by atoms with Crippen LogP contribution in [0.2, 0.25) is 0 Å². The molecule has 1 rings (SSSR count). The summed E-state index contributed by atoms with van der Waals surface area (Å²) < 4.78 is 5.01. The summed E-state index contributed by atoms with van der Waals surface area (Å²) in [4.78, 5) is 11.6. The molecule has 1 aromatic rings. The highest BCUT2D eigenvalue weighted by molar-refractivity contribution is 5.97. The van der Waals surface area contributed by atoms with Gasteiger partial charge >= 0.3 is 0 Å². The molecular formula is C11H15NO2. The normalized spacial score (nSPS) is 10.1. The van der Waals surface area contributed by atoms with E-state index in [1.807, 2.05) is 24.3 Å². The van der Waals surface area contributed by atoms with E-state index in [4.69, 9.17) is 10.5 Å². The zero-order valence-electron chi connectivity index (χ0n) is 8.32. The number of carbonyl (C=O) groups is 1. The van der Waals surface area contributed by atoms with E-state index in [0.29, 0.717) is 19.6 Å². The van der Waals surface area contributed by atoms with Crippen LogP contribution in [0.3, 0.4) is 0 Å². The Bertz CT molecular complexity index is 310. The quantitative estimate of drug-likeness (QED) is 0.718. The Morgan fingerprint density at radius 1 is 1.43 bits per heavy atom. The molecule has 0 fully saturated rings. The lowest BCUT2D eigenvalue weighted by Gasteiger charge is -2.06. The molecule has 14 heavy (non-hydrogen) atoms. The van der Waals surface area contributed by atoms with Crippen molar-refractivity contribution in [3.63, 3.8) is 0 Å². The van der Waals surface area contributed by atoms with Crippen molar-refractivity contribution >= 4 is 5.78 Å². The van der Waals surface area contributed by atoms with Gasteiger partial charge in [-0.15, -0.1) is 0 Å². The number of Topliss-reactive ketones (excluding diaryl/α,β-unsaturated/α-hetero) is 1. The van der Waals surface area contributed by atoms with E-state index >= 15 is 0 Å². The third kappa shape index (κ3) is 2.65. The summed E-state index contributed by atoms with van der Waals surface area (Å²) in [5, 5.41) is 0. The van der Waals surface area contributed by atoms with Crippen LogP contribution in [0.15, 0.2) is 24.3 Å². The summed E-state index contributed by atoms with van der Waals surface area (Å²) in [6.45, 7) is 0.854. The van der Waals surface area contributed by atoms with Gasteiger partial charge in [-0.2, -0.15) is 0 Å². The Morgan fingerprint density at radius 2 is 2.14 bits per heavy atom. The summed E-state index contributed by atoms with van der Waals surface area (Å²) in [5.74, 6) is 0.0835. The molecule has 0 saturated carbocycles. The Labute approximate surface area is 83.9 Å². The average Bonchev–Trinajstić information content (AvgIpc) is 2.19. The number of nitrogens with two attached hydrogens (primary N) is 1. The maximum atomic E-state index is 11.6. The Kier molecular flexibility index (Phi) is 4.29. The third-order valence-electron chi connectivity index (χ3n) is 1.99. The van der Waals surface area contributed by atoms with Crippen LogP contribution in [0.25, 0.3) is 0 Å². The second-order valence-corrected chi connectivity index (χ2v) is 3.05. The number of ether oxygens (including phenoxy) is 1. The number of methoxy groups -OCH3 is 1. The minimum absolute atomic E-state index is 0.0835. The van der Waals surface area contributed by atoms with Gasteiger partial charge in [0.1, 0.15) is 0 Å². The molecule has 0 unspecified atom stereocenters. The number of hydrogen-bond donors (Lipinski definition) is 1. The lowest BCUT2D eigenvalue weighted by molar-refractivity contribution is 0.0980. The van der Waals surface area contributed by atoms with E-state index in [2.05, 4.69) is 0 Å². The molecule has 1 aromatic carbocycles. The first-order valence-electron chi connectivity index (χ1n) is 4.59. The minimum Gasteiger partial charge on any atom is -0.380 e. The molecule has 0 amide bonds. The highest BCUT2D eigenvalue weighted by atomic mass is 16.5. The largest absolute Gasteiger partial charge is 0.380 e. The van der Waals surface area contributed by atoms with E-state index in [9.17, 15) is 4.79 Å². The molecule has 0 radical (unpaired) electrons. The zero-order valence-corrected chi connectivity index (χ0v) is 8.32. The molecule has 0 heterocycles. The first-order chi connectivity index (χ1) is 6.79. The molecule has 0 saturated heterocycles. The summed E-state index contributed by atoms with van der Waals surface area (Å²) in [6, 6.07) is 7.45. The van der Waals surface area contributed by atoms with Gasteiger partial charge < -0.3 is 10.5 Å². The molecule has 0 aliphatic rings. The summed E-state index contributed by atoms with van der Waals surface area (Å²) in [6.07, 6.45) is 0.390. The fourth-order valence-electron chi connectivity index (χ4n) is 1.34. The van der Waals surface area contributed by atoms with Gasteiger partial charge in [0.2, 0.25) is 0 Å². The van der Waals surface area contributed by atoms with E-state index in [0.717, 1.165) is 11.1 Å². The monoisotopic (exact) mass is 193 g/mol. The summed E-state index contributed by atoms with van der Waals surface area (Å²) in [5.41, 5.74) is 6.99. The van der Waals surface area contributed by atoms with Gasteiger partial charge in [0.05, 0.1) is 6.61 Å². The number of carbonyl (C=O) groups excluding carboxylic acids is 1. The highest BCUT2D eigenvalue weighted by Gasteiger charge is 2.08. The van der Waals surface area contributed by atoms with Crippen molar-refractivity contribution in [1.29, 1.82) is 0 Å². The highest BCUT2D eigenvalue weighted by Crippen LogP contribution is 2.11. The van der Waals surface area contributed by atoms with E-state index in [1.165, 1.54) is 0 Å². The molecule has 0 atom stereocenters. The van der Waals surface area contributed by atoms with Crippen molar-refractivity contribution in [2.75, 3.05) is 13.7 Å². The maximum Gasteiger partial charge on any atom is 0.164 e. The van der Waals surface area contributed by atoms with Gasteiger partial charge in [0.15, 0.2) is 5.78 Å². The molecule has 0 spiro atoms. The number of benzene rings is 1.